The maximum Gasteiger partial charge on any atom is 0.245 e. The summed E-state index contributed by atoms with van der Waals surface area (Å²) < 4.78 is 53.3. The molecule has 1 aromatic carbocycles. The molecule has 0 spiro atoms. The van der Waals surface area contributed by atoms with Crippen LogP contribution in [0.5, 0.6) is 0 Å². The summed E-state index contributed by atoms with van der Waals surface area (Å²) >= 11 is 0. The molecule has 4 nitrogen and oxygen atoms in total. The summed E-state index contributed by atoms with van der Waals surface area (Å²) in [5.41, 5.74) is 0.382. The molecule has 0 unspecified atom stereocenters. The molecule has 0 amide bonds. The normalized spacial score (nSPS) is 12.4. The van der Waals surface area contributed by atoms with Gasteiger partial charge in [-0.15, -0.1) is 0 Å². The fraction of sp³-hybridized carbons (Fsp3) is 0.571. The van der Waals surface area contributed by atoms with Gasteiger partial charge in [0.25, 0.3) is 0 Å². The maximum absolute atomic E-state index is 13.9. The average molecular weight is 320 g/mol. The van der Waals surface area contributed by atoms with Gasteiger partial charge in [0, 0.05) is 20.1 Å². The first-order valence-electron chi connectivity index (χ1n) is 6.79. The van der Waals surface area contributed by atoms with Gasteiger partial charge in [-0.3, -0.25) is 0 Å². The molecule has 0 saturated carbocycles. The van der Waals surface area contributed by atoms with Crippen LogP contribution < -0.4 is 5.32 Å². The quantitative estimate of drug-likeness (QED) is 0.839. The van der Waals surface area contributed by atoms with E-state index < -0.39 is 26.6 Å². The molecule has 1 aromatic rings. The Hall–Kier alpha value is -1.05. The molecule has 0 bridgehead atoms. The highest BCUT2D eigenvalue weighted by atomic mass is 32.2. The summed E-state index contributed by atoms with van der Waals surface area (Å²) in [6, 6.07) is 2.18. The van der Waals surface area contributed by atoms with Gasteiger partial charge in [-0.05, 0) is 37.1 Å². The first-order chi connectivity index (χ1) is 9.70. The van der Waals surface area contributed by atoms with E-state index in [-0.39, 0.29) is 13.1 Å². The number of rotatable bonds is 7. The van der Waals surface area contributed by atoms with Gasteiger partial charge in [0.1, 0.15) is 4.90 Å². The van der Waals surface area contributed by atoms with Crippen molar-refractivity contribution in [2.45, 2.75) is 31.7 Å². The highest BCUT2D eigenvalue weighted by molar-refractivity contribution is 7.89. The molecule has 0 fully saturated rings. The monoisotopic (exact) mass is 320 g/mol. The van der Waals surface area contributed by atoms with Gasteiger partial charge >= 0.3 is 0 Å². The Kier molecular flexibility index (Phi) is 6.24. The van der Waals surface area contributed by atoms with Gasteiger partial charge in [0.15, 0.2) is 11.6 Å². The average Bonchev–Trinajstić information content (AvgIpc) is 2.39. The molecule has 1 N–H and O–H groups in total. The number of hydrogen-bond donors (Lipinski definition) is 1. The van der Waals surface area contributed by atoms with Crippen LogP contribution in [-0.4, -0.2) is 33.4 Å². The Morgan fingerprint density at radius 2 is 1.90 bits per heavy atom. The Bertz CT molecular complexity index is 589. The lowest BCUT2D eigenvalue weighted by molar-refractivity contribution is 0.420. The molecule has 0 aromatic heterocycles. The Morgan fingerprint density at radius 1 is 1.29 bits per heavy atom. The van der Waals surface area contributed by atoms with Crippen molar-refractivity contribution in [2.24, 2.45) is 5.92 Å². The lowest BCUT2D eigenvalue weighted by Gasteiger charge is -2.19. The zero-order chi connectivity index (χ0) is 16.2. The third kappa shape index (κ3) is 4.46. The Balaban J connectivity index is 3.17. The van der Waals surface area contributed by atoms with E-state index in [1.54, 1.807) is 7.05 Å². The van der Waals surface area contributed by atoms with E-state index in [9.17, 15) is 17.2 Å². The van der Waals surface area contributed by atoms with E-state index in [1.165, 1.54) is 13.1 Å². The number of benzene rings is 1. The standard InChI is InChI=1S/C14H22F2N2O2S/c1-10(2)5-6-18(4)21(19,20)13-8-11(9-17-3)7-12(15)14(13)16/h7-8,10,17H,5-6,9H2,1-4H3. The van der Waals surface area contributed by atoms with Crippen molar-refractivity contribution in [3.8, 4) is 0 Å². The summed E-state index contributed by atoms with van der Waals surface area (Å²) in [6.45, 7) is 4.45. The SMILES string of the molecule is CNCc1cc(F)c(F)c(S(=O)(=O)N(C)CCC(C)C)c1. The van der Waals surface area contributed by atoms with E-state index >= 15 is 0 Å². The van der Waals surface area contributed by atoms with Crippen molar-refractivity contribution in [2.75, 3.05) is 20.6 Å². The van der Waals surface area contributed by atoms with E-state index in [1.807, 2.05) is 13.8 Å². The van der Waals surface area contributed by atoms with Crippen LogP contribution >= 0.6 is 0 Å². The van der Waals surface area contributed by atoms with Crippen molar-refractivity contribution in [1.29, 1.82) is 0 Å². The van der Waals surface area contributed by atoms with Gasteiger partial charge in [-0.25, -0.2) is 21.5 Å². The zero-order valence-electron chi connectivity index (χ0n) is 12.8. The minimum absolute atomic E-state index is 0.259. The van der Waals surface area contributed by atoms with Crippen LogP contribution in [-0.2, 0) is 16.6 Å². The highest BCUT2D eigenvalue weighted by Gasteiger charge is 2.27. The van der Waals surface area contributed by atoms with Crippen molar-refractivity contribution in [3.05, 3.63) is 29.3 Å². The van der Waals surface area contributed by atoms with Crippen molar-refractivity contribution in [1.82, 2.24) is 9.62 Å². The number of halogens is 2. The fourth-order valence-electron chi connectivity index (χ4n) is 1.84. The molecule has 0 aliphatic rings. The minimum Gasteiger partial charge on any atom is -0.316 e. The molecule has 21 heavy (non-hydrogen) atoms. The zero-order valence-corrected chi connectivity index (χ0v) is 13.6. The molecular weight excluding hydrogens is 298 g/mol. The molecular formula is C14H22F2N2O2S. The summed E-state index contributed by atoms with van der Waals surface area (Å²) in [5, 5.41) is 2.78. The van der Waals surface area contributed by atoms with Crippen LogP contribution in [0.25, 0.3) is 0 Å². The van der Waals surface area contributed by atoms with Gasteiger partial charge in [0.05, 0.1) is 0 Å². The third-order valence-corrected chi connectivity index (χ3v) is 5.00. The van der Waals surface area contributed by atoms with E-state index in [2.05, 4.69) is 5.32 Å². The predicted molar refractivity (Wildman–Crippen MR) is 78.4 cm³/mol. The van der Waals surface area contributed by atoms with Crippen LogP contribution in [0, 0.1) is 17.6 Å². The summed E-state index contributed by atoms with van der Waals surface area (Å²) in [5.74, 6) is -2.16. The molecule has 1 rings (SSSR count). The lowest BCUT2D eigenvalue weighted by Crippen LogP contribution is -2.29. The number of nitrogens with one attached hydrogen (secondary N) is 1. The van der Waals surface area contributed by atoms with Gasteiger partial charge in [0.2, 0.25) is 10.0 Å². The molecule has 0 radical (unpaired) electrons. The Labute approximate surface area is 125 Å². The molecule has 120 valence electrons. The van der Waals surface area contributed by atoms with Crippen LogP contribution in [0.3, 0.4) is 0 Å². The topological polar surface area (TPSA) is 49.4 Å². The largest absolute Gasteiger partial charge is 0.316 e. The minimum atomic E-state index is -4.04. The van der Waals surface area contributed by atoms with E-state index in [0.29, 0.717) is 17.9 Å². The second kappa shape index (κ2) is 7.29. The molecule has 0 atom stereocenters. The Morgan fingerprint density at radius 3 is 2.43 bits per heavy atom. The van der Waals surface area contributed by atoms with Crippen LogP contribution in [0.2, 0.25) is 0 Å². The first kappa shape index (κ1) is 18.0. The van der Waals surface area contributed by atoms with E-state index in [0.717, 1.165) is 10.4 Å². The third-order valence-electron chi connectivity index (χ3n) is 3.15. The van der Waals surface area contributed by atoms with Gasteiger partial charge in [-0.1, -0.05) is 13.8 Å². The fourth-order valence-corrected chi connectivity index (χ4v) is 3.15. The van der Waals surface area contributed by atoms with Crippen molar-refractivity contribution >= 4 is 10.0 Å². The maximum atomic E-state index is 13.9. The second-order valence-corrected chi connectivity index (χ2v) is 7.44. The van der Waals surface area contributed by atoms with Crippen molar-refractivity contribution in [3.63, 3.8) is 0 Å². The van der Waals surface area contributed by atoms with Crippen LogP contribution in [0.4, 0.5) is 8.78 Å². The molecule has 7 heteroatoms. The van der Waals surface area contributed by atoms with Gasteiger partial charge < -0.3 is 5.32 Å². The smallest absolute Gasteiger partial charge is 0.245 e. The number of sulfonamides is 1. The van der Waals surface area contributed by atoms with Crippen LogP contribution in [0.1, 0.15) is 25.8 Å². The number of hydrogen-bond acceptors (Lipinski definition) is 3. The van der Waals surface area contributed by atoms with Crippen LogP contribution in [0.15, 0.2) is 17.0 Å². The van der Waals surface area contributed by atoms with Crippen molar-refractivity contribution < 1.29 is 17.2 Å². The van der Waals surface area contributed by atoms with E-state index in [4.69, 9.17) is 0 Å². The molecule has 0 aliphatic carbocycles. The second-order valence-electron chi connectivity index (χ2n) is 5.43. The molecule has 0 aliphatic heterocycles. The lowest BCUT2D eigenvalue weighted by atomic mass is 10.1. The number of nitrogens with zero attached hydrogens (tertiary/aromatic N) is 1. The molecule has 0 saturated heterocycles. The van der Waals surface area contributed by atoms with Gasteiger partial charge in [-0.2, -0.15) is 0 Å². The summed E-state index contributed by atoms with van der Waals surface area (Å²) in [6.07, 6.45) is 0.649. The highest BCUT2D eigenvalue weighted by Crippen LogP contribution is 2.23. The predicted octanol–water partition coefficient (Wildman–Crippen LogP) is 2.35. The summed E-state index contributed by atoms with van der Waals surface area (Å²) in [4.78, 5) is -0.612. The summed E-state index contributed by atoms with van der Waals surface area (Å²) in [7, 11) is -1.02. The first-order valence-corrected chi connectivity index (χ1v) is 8.23. The molecule has 0 heterocycles.